The van der Waals surface area contributed by atoms with E-state index < -0.39 is 0 Å². The van der Waals surface area contributed by atoms with Crippen molar-refractivity contribution >= 4 is 17.6 Å². The lowest BCUT2D eigenvalue weighted by Gasteiger charge is -2.24. The van der Waals surface area contributed by atoms with Crippen LogP contribution >= 0.6 is 0 Å². The van der Waals surface area contributed by atoms with E-state index in [2.05, 4.69) is 29.6 Å². The molecule has 0 fully saturated rings. The minimum absolute atomic E-state index is 0.0657. The van der Waals surface area contributed by atoms with Gasteiger partial charge in [0, 0.05) is 6.07 Å². The largest absolute Gasteiger partial charge is 0.360 e. The van der Waals surface area contributed by atoms with E-state index in [0.29, 0.717) is 11.6 Å². The van der Waals surface area contributed by atoms with Crippen molar-refractivity contribution in [3.05, 3.63) is 47.7 Å². The first kappa shape index (κ1) is 19.7. The van der Waals surface area contributed by atoms with Gasteiger partial charge in [-0.05, 0) is 25.5 Å². The normalized spacial score (nSPS) is 12.2. The Kier molecular flexibility index (Phi) is 6.91. The standard InChI is InChI=1S/C19H26N4O3/c1-13(2)19(15-8-6-5-7-9-15)21-18(25)12-23(4)11-17(24)20-16-10-14(3)26-22-16/h5-10,13,19H,11-12H2,1-4H3,(H,21,25)(H,20,22,24). The van der Waals surface area contributed by atoms with E-state index in [0.717, 1.165) is 5.56 Å². The summed E-state index contributed by atoms with van der Waals surface area (Å²) in [4.78, 5) is 26.0. The van der Waals surface area contributed by atoms with Crippen LogP contribution in [0.4, 0.5) is 5.82 Å². The highest BCUT2D eigenvalue weighted by Crippen LogP contribution is 2.21. The highest BCUT2D eigenvalue weighted by atomic mass is 16.5. The van der Waals surface area contributed by atoms with Crippen molar-refractivity contribution in [2.45, 2.75) is 26.8 Å². The Morgan fingerprint density at radius 2 is 1.81 bits per heavy atom. The first-order valence-electron chi connectivity index (χ1n) is 8.61. The lowest BCUT2D eigenvalue weighted by atomic mass is 9.96. The molecule has 2 amide bonds. The molecule has 1 aromatic carbocycles. The summed E-state index contributed by atoms with van der Waals surface area (Å²) in [7, 11) is 1.72. The van der Waals surface area contributed by atoms with Crippen molar-refractivity contribution in [1.82, 2.24) is 15.4 Å². The molecule has 7 heteroatoms. The van der Waals surface area contributed by atoms with E-state index in [4.69, 9.17) is 4.52 Å². The molecule has 0 spiro atoms. The average Bonchev–Trinajstić information content (AvgIpc) is 2.97. The molecule has 140 valence electrons. The number of likely N-dealkylation sites (N-methyl/N-ethyl adjacent to an activating group) is 1. The van der Waals surface area contributed by atoms with Gasteiger partial charge in [0.25, 0.3) is 0 Å². The molecule has 2 rings (SSSR count). The van der Waals surface area contributed by atoms with Crippen molar-refractivity contribution < 1.29 is 14.1 Å². The van der Waals surface area contributed by atoms with Gasteiger partial charge in [-0.1, -0.05) is 49.3 Å². The Morgan fingerprint density at radius 3 is 2.38 bits per heavy atom. The fourth-order valence-corrected chi connectivity index (χ4v) is 2.67. The van der Waals surface area contributed by atoms with Crippen molar-refractivity contribution in [3.8, 4) is 0 Å². The maximum Gasteiger partial charge on any atom is 0.239 e. The van der Waals surface area contributed by atoms with Crippen molar-refractivity contribution in [1.29, 1.82) is 0 Å². The summed E-state index contributed by atoms with van der Waals surface area (Å²) in [6.07, 6.45) is 0. The monoisotopic (exact) mass is 358 g/mol. The number of benzene rings is 1. The summed E-state index contributed by atoms with van der Waals surface area (Å²) < 4.78 is 4.90. The van der Waals surface area contributed by atoms with Crippen LogP contribution in [0.3, 0.4) is 0 Å². The number of nitrogens with one attached hydrogen (secondary N) is 2. The minimum Gasteiger partial charge on any atom is -0.360 e. The number of aryl methyl sites for hydroxylation is 1. The molecule has 0 saturated heterocycles. The molecule has 0 saturated carbocycles. The average molecular weight is 358 g/mol. The molecule has 1 aromatic heterocycles. The fraction of sp³-hybridized carbons (Fsp3) is 0.421. The van der Waals surface area contributed by atoms with Gasteiger partial charge in [0.05, 0.1) is 19.1 Å². The third-order valence-corrected chi connectivity index (χ3v) is 3.86. The first-order chi connectivity index (χ1) is 12.3. The number of carbonyl (C=O) groups excluding carboxylic acids is 2. The van der Waals surface area contributed by atoms with Crippen LogP contribution in [0.15, 0.2) is 40.9 Å². The van der Waals surface area contributed by atoms with Crippen molar-refractivity contribution in [2.24, 2.45) is 5.92 Å². The highest BCUT2D eigenvalue weighted by Gasteiger charge is 2.19. The maximum absolute atomic E-state index is 12.4. The second kappa shape index (κ2) is 9.15. The van der Waals surface area contributed by atoms with Gasteiger partial charge < -0.3 is 15.2 Å². The molecule has 7 nitrogen and oxygen atoms in total. The number of carbonyl (C=O) groups is 2. The summed E-state index contributed by atoms with van der Waals surface area (Å²) in [5, 5.41) is 9.40. The Balaban J connectivity index is 1.84. The van der Waals surface area contributed by atoms with Crippen LogP contribution < -0.4 is 10.6 Å². The number of hydrogen-bond acceptors (Lipinski definition) is 5. The zero-order valence-corrected chi connectivity index (χ0v) is 15.7. The summed E-state index contributed by atoms with van der Waals surface area (Å²) >= 11 is 0. The number of amides is 2. The SMILES string of the molecule is Cc1cc(NC(=O)CN(C)CC(=O)NC(c2ccccc2)C(C)C)no1. The molecule has 0 bridgehead atoms. The molecule has 0 radical (unpaired) electrons. The predicted octanol–water partition coefficient (Wildman–Crippen LogP) is 2.37. The van der Waals surface area contributed by atoms with Crippen LogP contribution in [0, 0.1) is 12.8 Å². The van der Waals surface area contributed by atoms with Crippen molar-refractivity contribution in [2.75, 3.05) is 25.5 Å². The number of anilines is 1. The smallest absolute Gasteiger partial charge is 0.239 e. The number of nitrogens with zero attached hydrogens (tertiary/aromatic N) is 2. The number of aromatic nitrogens is 1. The molecular formula is C19H26N4O3. The van der Waals surface area contributed by atoms with Gasteiger partial charge in [-0.25, -0.2) is 0 Å². The second-order valence-corrected chi connectivity index (χ2v) is 6.74. The third kappa shape index (κ3) is 6.00. The summed E-state index contributed by atoms with van der Waals surface area (Å²) in [5.74, 6) is 0.866. The molecule has 1 unspecified atom stereocenters. The summed E-state index contributed by atoms with van der Waals surface area (Å²) in [6.45, 7) is 6.08. The maximum atomic E-state index is 12.4. The molecule has 26 heavy (non-hydrogen) atoms. The zero-order chi connectivity index (χ0) is 19.1. The van der Waals surface area contributed by atoms with Crippen LogP contribution in [-0.2, 0) is 9.59 Å². The van der Waals surface area contributed by atoms with Crippen LogP contribution in [-0.4, -0.2) is 42.0 Å². The minimum atomic E-state index is -0.253. The quantitative estimate of drug-likeness (QED) is 0.756. The van der Waals surface area contributed by atoms with Crippen LogP contribution in [0.2, 0.25) is 0 Å². The van der Waals surface area contributed by atoms with E-state index in [9.17, 15) is 9.59 Å². The zero-order valence-electron chi connectivity index (χ0n) is 15.7. The van der Waals surface area contributed by atoms with Crippen molar-refractivity contribution in [3.63, 3.8) is 0 Å². The molecule has 0 aliphatic carbocycles. The lowest BCUT2D eigenvalue weighted by molar-refractivity contribution is -0.123. The molecule has 0 aliphatic heterocycles. The highest BCUT2D eigenvalue weighted by molar-refractivity contribution is 5.91. The van der Waals surface area contributed by atoms with Gasteiger partial charge in [-0.3, -0.25) is 14.5 Å². The Bertz CT molecular complexity index is 727. The van der Waals surface area contributed by atoms with Crippen LogP contribution in [0.1, 0.15) is 31.2 Å². The van der Waals surface area contributed by atoms with Gasteiger partial charge in [-0.15, -0.1) is 0 Å². The molecule has 2 aromatic rings. The molecule has 1 atom stereocenters. The predicted molar refractivity (Wildman–Crippen MR) is 99.5 cm³/mol. The van der Waals surface area contributed by atoms with Gasteiger partial charge in [0.2, 0.25) is 11.8 Å². The van der Waals surface area contributed by atoms with Crippen LogP contribution in [0.25, 0.3) is 0 Å². The number of rotatable bonds is 8. The summed E-state index contributed by atoms with van der Waals surface area (Å²) in [6, 6.07) is 11.4. The fourth-order valence-electron chi connectivity index (χ4n) is 2.67. The Morgan fingerprint density at radius 1 is 1.15 bits per heavy atom. The molecule has 1 heterocycles. The van der Waals surface area contributed by atoms with Gasteiger partial charge >= 0.3 is 0 Å². The topological polar surface area (TPSA) is 87.5 Å². The van der Waals surface area contributed by atoms with Gasteiger partial charge in [0.1, 0.15) is 5.76 Å². The van der Waals surface area contributed by atoms with E-state index in [-0.39, 0.29) is 36.9 Å². The first-order valence-corrected chi connectivity index (χ1v) is 8.61. The number of hydrogen-bond donors (Lipinski definition) is 2. The Labute approximate surface area is 153 Å². The van der Waals surface area contributed by atoms with E-state index >= 15 is 0 Å². The second-order valence-electron chi connectivity index (χ2n) is 6.74. The van der Waals surface area contributed by atoms with E-state index in [1.54, 1.807) is 24.9 Å². The van der Waals surface area contributed by atoms with E-state index in [1.165, 1.54) is 0 Å². The van der Waals surface area contributed by atoms with Gasteiger partial charge in [-0.2, -0.15) is 0 Å². The van der Waals surface area contributed by atoms with E-state index in [1.807, 2.05) is 30.3 Å². The molecule has 2 N–H and O–H groups in total. The Hall–Kier alpha value is -2.67. The molecular weight excluding hydrogens is 332 g/mol. The summed E-state index contributed by atoms with van der Waals surface area (Å²) in [5.41, 5.74) is 1.07. The van der Waals surface area contributed by atoms with Crippen LogP contribution in [0.5, 0.6) is 0 Å². The lowest BCUT2D eigenvalue weighted by Crippen LogP contribution is -2.41. The molecule has 0 aliphatic rings. The van der Waals surface area contributed by atoms with Gasteiger partial charge in [0.15, 0.2) is 5.82 Å². The third-order valence-electron chi connectivity index (χ3n) is 3.86.